The molecule has 3 aromatic heterocycles. The molecular weight excluding hydrogens is 377 g/mol. The molecule has 4 rings (SSSR count). The van der Waals surface area contributed by atoms with Gasteiger partial charge >= 0.3 is 0 Å². The van der Waals surface area contributed by atoms with Crippen molar-refractivity contribution in [3.63, 3.8) is 0 Å². The van der Waals surface area contributed by atoms with E-state index in [0.29, 0.717) is 38.5 Å². The number of halogens is 2. The Hall–Kier alpha value is -2.97. The number of H-pyrrole nitrogens is 1. The summed E-state index contributed by atoms with van der Waals surface area (Å²) in [4.78, 5) is 17.0. The zero-order valence-corrected chi connectivity index (χ0v) is 14.9. The van der Waals surface area contributed by atoms with Crippen LogP contribution in [0.2, 0.25) is 10.0 Å². The van der Waals surface area contributed by atoms with E-state index < -0.39 is 0 Å². The van der Waals surface area contributed by atoms with Gasteiger partial charge in [-0.1, -0.05) is 23.2 Å². The fraction of sp³-hybridized carbons (Fsp3) is 0.0625. The Morgan fingerprint density at radius 3 is 2.88 bits per heavy atom. The van der Waals surface area contributed by atoms with E-state index in [0.717, 1.165) is 0 Å². The second kappa shape index (κ2) is 6.40. The Morgan fingerprint density at radius 2 is 2.08 bits per heavy atom. The molecule has 1 aromatic carbocycles. The Kier molecular flexibility index (Phi) is 4.06. The summed E-state index contributed by atoms with van der Waals surface area (Å²) < 4.78 is 2.82. The summed E-state index contributed by atoms with van der Waals surface area (Å²) in [6.45, 7) is 1.78. The van der Waals surface area contributed by atoms with E-state index >= 15 is 0 Å². The molecule has 0 fully saturated rings. The van der Waals surface area contributed by atoms with E-state index in [2.05, 4.69) is 25.4 Å². The highest BCUT2D eigenvalue weighted by Gasteiger charge is 2.12. The number of nitrogens with one attached hydrogen (secondary N) is 1. The van der Waals surface area contributed by atoms with Crippen molar-refractivity contribution in [2.75, 3.05) is 0 Å². The number of aliphatic imine (C=N–C) groups is 1. The first-order valence-electron chi connectivity index (χ1n) is 7.51. The number of rotatable bonds is 3. The number of aromatic amines is 1. The summed E-state index contributed by atoms with van der Waals surface area (Å²) in [5, 5.41) is 15.9. The normalized spacial score (nSPS) is 11.7. The molecule has 0 aliphatic heterocycles. The first kappa shape index (κ1) is 16.5. The van der Waals surface area contributed by atoms with Gasteiger partial charge in [0.1, 0.15) is 6.33 Å². The number of aromatic nitrogens is 6. The van der Waals surface area contributed by atoms with Crippen molar-refractivity contribution in [1.29, 1.82) is 0 Å². The molecule has 0 bridgehead atoms. The van der Waals surface area contributed by atoms with Gasteiger partial charge in [0.05, 0.1) is 16.3 Å². The Bertz CT molecular complexity index is 1210. The van der Waals surface area contributed by atoms with Gasteiger partial charge in [-0.25, -0.2) is 0 Å². The van der Waals surface area contributed by atoms with Crippen molar-refractivity contribution in [3.05, 3.63) is 68.3 Å². The van der Waals surface area contributed by atoms with Gasteiger partial charge in [0.2, 0.25) is 0 Å². The van der Waals surface area contributed by atoms with Gasteiger partial charge in [0.25, 0.3) is 5.56 Å². The molecule has 0 aliphatic rings. The van der Waals surface area contributed by atoms with Gasteiger partial charge in [-0.15, -0.1) is 15.3 Å². The quantitative estimate of drug-likeness (QED) is 0.546. The topological polar surface area (TPSA) is 93.2 Å². The van der Waals surface area contributed by atoms with Crippen molar-refractivity contribution in [2.24, 2.45) is 4.99 Å². The molecule has 3 heterocycles. The maximum absolute atomic E-state index is 12.7. The lowest BCUT2D eigenvalue weighted by Crippen LogP contribution is -2.19. The molecular formula is C16H11Cl2N7O. The van der Waals surface area contributed by atoms with Crippen molar-refractivity contribution in [2.45, 2.75) is 6.92 Å². The molecule has 0 radical (unpaired) electrons. The molecule has 0 saturated carbocycles. The first-order chi connectivity index (χ1) is 12.5. The number of fused-ring (bicyclic) bond motifs is 1. The Labute approximate surface area is 156 Å². The van der Waals surface area contributed by atoms with Gasteiger partial charge < -0.3 is 0 Å². The van der Waals surface area contributed by atoms with Crippen LogP contribution in [-0.2, 0) is 0 Å². The van der Waals surface area contributed by atoms with Gasteiger partial charge in [0, 0.05) is 16.9 Å². The molecule has 10 heteroatoms. The van der Waals surface area contributed by atoms with Crippen molar-refractivity contribution in [3.8, 4) is 5.82 Å². The predicted molar refractivity (Wildman–Crippen MR) is 99.2 cm³/mol. The number of aryl methyl sites for hydroxylation is 1. The third-order valence-corrected chi connectivity index (χ3v) is 4.27. The van der Waals surface area contributed by atoms with Crippen LogP contribution in [0, 0.1) is 6.92 Å². The number of benzene rings is 1. The molecule has 0 amide bonds. The SMILES string of the molecule is Cc1[nH]n(-c2ccc3nncn3n2)c(=O)c1C=Nc1ccc(Cl)cc1Cl. The molecule has 0 aliphatic carbocycles. The summed E-state index contributed by atoms with van der Waals surface area (Å²) in [6.07, 6.45) is 2.93. The van der Waals surface area contributed by atoms with Crippen LogP contribution in [0.3, 0.4) is 0 Å². The minimum absolute atomic E-state index is 0.281. The van der Waals surface area contributed by atoms with Crippen LogP contribution in [0.25, 0.3) is 11.5 Å². The zero-order valence-electron chi connectivity index (χ0n) is 13.4. The number of hydrogen-bond acceptors (Lipinski definition) is 5. The summed E-state index contributed by atoms with van der Waals surface area (Å²) in [7, 11) is 0. The van der Waals surface area contributed by atoms with Crippen molar-refractivity contribution < 1.29 is 0 Å². The number of nitrogens with zero attached hydrogens (tertiary/aromatic N) is 6. The standard InChI is InChI=1S/C16H11Cl2N7O/c1-9-11(7-19-13-3-2-10(17)6-12(13)18)16(26)25(22-9)15-5-4-14-21-20-8-24(14)23-15/h2-8,22H,1H3. The lowest BCUT2D eigenvalue weighted by Gasteiger charge is -2.00. The minimum atomic E-state index is -0.281. The largest absolute Gasteiger partial charge is 0.293 e. The molecule has 1 N–H and O–H groups in total. The van der Waals surface area contributed by atoms with Gasteiger partial charge in [-0.2, -0.15) is 9.20 Å². The lowest BCUT2D eigenvalue weighted by atomic mass is 10.3. The maximum atomic E-state index is 12.7. The van der Waals surface area contributed by atoms with Crippen molar-refractivity contribution >= 4 is 40.8 Å². The third-order valence-electron chi connectivity index (χ3n) is 3.74. The van der Waals surface area contributed by atoms with Gasteiger partial charge in [-0.3, -0.25) is 14.9 Å². The Morgan fingerprint density at radius 1 is 1.23 bits per heavy atom. The van der Waals surface area contributed by atoms with E-state index in [-0.39, 0.29) is 5.56 Å². The van der Waals surface area contributed by atoms with Crippen LogP contribution in [0.5, 0.6) is 0 Å². The smallest absolute Gasteiger partial charge is 0.281 e. The summed E-state index contributed by atoms with van der Waals surface area (Å²) >= 11 is 12.0. The van der Waals surface area contributed by atoms with E-state index in [1.165, 1.54) is 21.7 Å². The molecule has 4 aromatic rings. The maximum Gasteiger partial charge on any atom is 0.281 e. The monoisotopic (exact) mass is 387 g/mol. The van der Waals surface area contributed by atoms with Crippen LogP contribution < -0.4 is 5.56 Å². The third kappa shape index (κ3) is 2.89. The first-order valence-corrected chi connectivity index (χ1v) is 8.27. The highest BCUT2D eigenvalue weighted by atomic mass is 35.5. The van der Waals surface area contributed by atoms with Crippen LogP contribution >= 0.6 is 23.2 Å². The van der Waals surface area contributed by atoms with Crippen LogP contribution in [0.15, 0.2) is 46.4 Å². The molecule has 8 nitrogen and oxygen atoms in total. The van der Waals surface area contributed by atoms with E-state index in [4.69, 9.17) is 23.2 Å². The average Bonchev–Trinajstić information content (AvgIpc) is 3.18. The number of hydrogen-bond donors (Lipinski definition) is 1. The summed E-state index contributed by atoms with van der Waals surface area (Å²) in [6, 6.07) is 8.36. The zero-order chi connectivity index (χ0) is 18.3. The summed E-state index contributed by atoms with van der Waals surface area (Å²) in [5.41, 5.74) is 1.88. The summed E-state index contributed by atoms with van der Waals surface area (Å²) in [5.74, 6) is 0.412. The lowest BCUT2D eigenvalue weighted by molar-refractivity contribution is 0.765. The van der Waals surface area contributed by atoms with Crippen LogP contribution in [-0.4, -0.2) is 35.8 Å². The predicted octanol–water partition coefficient (Wildman–Crippen LogP) is 2.97. The van der Waals surface area contributed by atoms with Crippen LogP contribution in [0.4, 0.5) is 5.69 Å². The molecule has 26 heavy (non-hydrogen) atoms. The fourth-order valence-corrected chi connectivity index (χ4v) is 2.89. The average molecular weight is 388 g/mol. The van der Waals surface area contributed by atoms with Gasteiger partial charge in [0.15, 0.2) is 11.5 Å². The fourth-order valence-electron chi connectivity index (χ4n) is 2.43. The van der Waals surface area contributed by atoms with E-state index in [1.807, 2.05) is 0 Å². The molecule has 0 saturated heterocycles. The second-order valence-electron chi connectivity index (χ2n) is 5.47. The highest BCUT2D eigenvalue weighted by molar-refractivity contribution is 6.36. The molecule has 0 spiro atoms. The molecule has 130 valence electrons. The molecule has 0 unspecified atom stereocenters. The van der Waals surface area contributed by atoms with Crippen molar-refractivity contribution in [1.82, 2.24) is 29.6 Å². The molecule has 0 atom stereocenters. The van der Waals surface area contributed by atoms with E-state index in [1.54, 1.807) is 37.3 Å². The van der Waals surface area contributed by atoms with E-state index in [9.17, 15) is 4.79 Å². The van der Waals surface area contributed by atoms with Gasteiger partial charge in [-0.05, 0) is 37.3 Å². The van der Waals surface area contributed by atoms with Crippen LogP contribution in [0.1, 0.15) is 11.3 Å². The Balaban J connectivity index is 1.74. The minimum Gasteiger partial charge on any atom is -0.293 e. The second-order valence-corrected chi connectivity index (χ2v) is 6.31. The highest BCUT2D eigenvalue weighted by Crippen LogP contribution is 2.27.